The van der Waals surface area contributed by atoms with Gasteiger partial charge in [0.05, 0.1) is 29.4 Å². The van der Waals surface area contributed by atoms with Crippen LogP contribution in [0.25, 0.3) is 17.1 Å². The van der Waals surface area contributed by atoms with Crippen LogP contribution in [0.1, 0.15) is 23.1 Å². The molecule has 1 aromatic heterocycles. The lowest BCUT2D eigenvalue weighted by Gasteiger charge is -2.21. The molecule has 3 amide bonds. The Labute approximate surface area is 275 Å². The summed E-state index contributed by atoms with van der Waals surface area (Å²) < 4.78 is 113. The molecule has 0 unspecified atom stereocenters. The Morgan fingerprint density at radius 1 is 1.04 bits per heavy atom. The number of alkyl halides is 8. The van der Waals surface area contributed by atoms with E-state index in [2.05, 4.69) is 25.1 Å². The van der Waals surface area contributed by atoms with Gasteiger partial charge in [-0.3, -0.25) is 9.69 Å². The zero-order chi connectivity index (χ0) is 35.5. The fraction of sp³-hybridized carbons (Fsp3) is 0.233. The number of nitrogens with zero attached hydrogens (tertiary/aromatic N) is 5. The first-order valence-electron chi connectivity index (χ1n) is 13.9. The molecule has 4 aromatic rings. The number of aryl methyl sites for hydroxylation is 1. The first kappa shape index (κ1) is 35.3. The lowest BCUT2D eigenvalue weighted by molar-refractivity contribution is -0.274. The van der Waals surface area contributed by atoms with Crippen LogP contribution in [0, 0.1) is 6.92 Å². The van der Waals surface area contributed by atoms with E-state index in [0.29, 0.717) is 11.3 Å². The monoisotopic (exact) mass is 714 g/mol. The normalized spacial score (nSPS) is 14.6. The van der Waals surface area contributed by atoms with Crippen molar-refractivity contribution < 1.29 is 54.2 Å². The zero-order valence-corrected chi connectivity index (χ0v) is 25.7. The highest BCUT2D eigenvalue weighted by atomic mass is 32.2. The van der Waals surface area contributed by atoms with Crippen molar-refractivity contribution in [3.8, 4) is 22.8 Å². The van der Waals surface area contributed by atoms with Gasteiger partial charge < -0.3 is 14.8 Å². The highest BCUT2D eigenvalue weighted by Crippen LogP contribution is 2.34. The molecule has 0 spiro atoms. The minimum Gasteiger partial charge on any atom is -0.406 e. The highest BCUT2D eigenvalue weighted by Gasteiger charge is 2.33. The zero-order valence-electron chi connectivity index (χ0n) is 24.9. The molecule has 3 aromatic carbocycles. The van der Waals surface area contributed by atoms with Crippen molar-refractivity contribution in [1.29, 1.82) is 0 Å². The molecular weight excluding hydrogens is 692 g/mol. The summed E-state index contributed by atoms with van der Waals surface area (Å²) in [5.41, 5.74) is 0.512. The standard InChI is InChI=1S/C30H22F8N6O4S/c1-16-2-3-18(12-47-14-29(33,34)35)23(10-16)44-24(45)13-49-28(44)41-27(46)40-22-9-4-17(11-21(22)25(31)32)26-39-15-43(42-26)19-5-7-20(8-6-19)48-30(36,37)38/h2-11,15,25H,12-14H2,1H3,(H,40,46). The van der Waals surface area contributed by atoms with Crippen LogP contribution >= 0.6 is 11.8 Å². The lowest BCUT2D eigenvalue weighted by Crippen LogP contribution is -2.31. The number of amides is 3. The second kappa shape index (κ2) is 14.2. The van der Waals surface area contributed by atoms with Crippen LogP contribution in [-0.4, -0.2) is 56.8 Å². The number of ether oxygens (including phenoxy) is 2. The largest absolute Gasteiger partial charge is 0.573 e. The maximum atomic E-state index is 14.1. The molecule has 0 saturated carbocycles. The van der Waals surface area contributed by atoms with Gasteiger partial charge in [-0.2, -0.15) is 18.2 Å². The van der Waals surface area contributed by atoms with E-state index >= 15 is 0 Å². The van der Waals surface area contributed by atoms with Crippen LogP contribution in [0.15, 0.2) is 72.0 Å². The van der Waals surface area contributed by atoms with E-state index in [-0.39, 0.29) is 39.2 Å². The molecule has 0 bridgehead atoms. The van der Waals surface area contributed by atoms with Gasteiger partial charge in [0, 0.05) is 16.7 Å². The Hall–Kier alpha value is -5.04. The first-order valence-corrected chi connectivity index (χ1v) is 14.8. The maximum Gasteiger partial charge on any atom is 0.573 e. The third kappa shape index (κ3) is 9.11. The number of carbonyl (C=O) groups excluding carboxylic acids is 2. The summed E-state index contributed by atoms with van der Waals surface area (Å²) in [4.78, 5) is 34.8. The van der Waals surface area contributed by atoms with Gasteiger partial charge in [-0.05, 0) is 61.0 Å². The minimum atomic E-state index is -4.87. The molecule has 10 nitrogen and oxygen atoms in total. The first-order chi connectivity index (χ1) is 23.1. The van der Waals surface area contributed by atoms with Gasteiger partial charge in [0.2, 0.25) is 5.91 Å². The molecule has 1 aliphatic heterocycles. The number of thioether (sulfide) groups is 1. The third-order valence-electron chi connectivity index (χ3n) is 6.58. The summed E-state index contributed by atoms with van der Waals surface area (Å²) in [6, 6.07) is 11.7. The second-order valence-corrected chi connectivity index (χ2v) is 11.2. The van der Waals surface area contributed by atoms with Crippen LogP contribution in [0.2, 0.25) is 0 Å². The van der Waals surface area contributed by atoms with Crippen LogP contribution in [0.3, 0.4) is 0 Å². The van der Waals surface area contributed by atoms with Gasteiger partial charge in [0.25, 0.3) is 6.43 Å². The van der Waals surface area contributed by atoms with Gasteiger partial charge >= 0.3 is 18.6 Å². The predicted molar refractivity (Wildman–Crippen MR) is 162 cm³/mol. The SMILES string of the molecule is Cc1ccc(COCC(F)(F)F)c(N2C(=O)CSC2=NC(=O)Nc2ccc(-c3ncn(-c4ccc(OC(F)(F)F)cc4)n3)cc2C(F)F)c1. The lowest BCUT2D eigenvalue weighted by atomic mass is 10.1. The second-order valence-electron chi connectivity index (χ2n) is 10.2. The molecule has 1 N–H and O–H groups in total. The van der Waals surface area contributed by atoms with E-state index in [9.17, 15) is 44.7 Å². The van der Waals surface area contributed by atoms with Gasteiger partial charge in [0.1, 0.15) is 18.7 Å². The van der Waals surface area contributed by atoms with E-state index in [1.165, 1.54) is 47.4 Å². The average Bonchev–Trinajstić information content (AvgIpc) is 3.64. The van der Waals surface area contributed by atoms with Crippen LogP contribution in [0.4, 0.5) is 51.3 Å². The van der Waals surface area contributed by atoms with E-state index in [0.717, 1.165) is 34.9 Å². The van der Waals surface area contributed by atoms with E-state index < -0.39 is 55.4 Å². The smallest absolute Gasteiger partial charge is 0.406 e. The molecule has 49 heavy (non-hydrogen) atoms. The molecule has 258 valence electrons. The van der Waals surface area contributed by atoms with Crippen LogP contribution < -0.4 is 15.0 Å². The number of hydrogen-bond donors (Lipinski definition) is 1. The molecule has 1 fully saturated rings. The van der Waals surface area contributed by atoms with Crippen LogP contribution in [0.5, 0.6) is 5.75 Å². The summed E-state index contributed by atoms with van der Waals surface area (Å²) in [5.74, 6) is -1.14. The number of halogens is 8. The highest BCUT2D eigenvalue weighted by molar-refractivity contribution is 8.15. The van der Waals surface area contributed by atoms with E-state index in [1.54, 1.807) is 13.0 Å². The van der Waals surface area contributed by atoms with Crippen molar-refractivity contribution in [3.63, 3.8) is 0 Å². The Kier molecular flexibility index (Phi) is 10.2. The number of amidine groups is 1. The van der Waals surface area contributed by atoms with Crippen molar-refractivity contribution in [2.24, 2.45) is 4.99 Å². The topological polar surface area (TPSA) is 111 Å². The molecule has 2 heterocycles. The van der Waals surface area contributed by atoms with Crippen LogP contribution in [-0.2, 0) is 16.1 Å². The Bertz CT molecular complexity index is 1880. The summed E-state index contributed by atoms with van der Waals surface area (Å²) in [6.07, 6.45) is -11.3. The number of hydrogen-bond acceptors (Lipinski definition) is 7. The number of aromatic nitrogens is 3. The molecule has 1 saturated heterocycles. The molecule has 5 rings (SSSR count). The molecular formula is C30H22F8N6O4S. The van der Waals surface area contributed by atoms with Gasteiger partial charge in [-0.1, -0.05) is 23.9 Å². The fourth-order valence-corrected chi connectivity index (χ4v) is 5.37. The number of benzene rings is 3. The number of urea groups is 1. The third-order valence-corrected chi connectivity index (χ3v) is 7.50. The van der Waals surface area contributed by atoms with Crippen molar-refractivity contribution in [1.82, 2.24) is 14.8 Å². The Morgan fingerprint density at radius 2 is 1.78 bits per heavy atom. The van der Waals surface area contributed by atoms with Crippen molar-refractivity contribution in [3.05, 3.63) is 83.7 Å². The van der Waals surface area contributed by atoms with Gasteiger partial charge in [0.15, 0.2) is 11.0 Å². The maximum absolute atomic E-state index is 14.1. The molecule has 0 radical (unpaired) electrons. The van der Waals surface area contributed by atoms with Crippen molar-refractivity contribution in [2.75, 3.05) is 22.6 Å². The molecule has 0 atom stereocenters. The Morgan fingerprint density at radius 3 is 2.45 bits per heavy atom. The van der Waals surface area contributed by atoms with Gasteiger partial charge in [-0.25, -0.2) is 23.2 Å². The summed E-state index contributed by atoms with van der Waals surface area (Å²) in [5, 5.41) is 6.32. The predicted octanol–water partition coefficient (Wildman–Crippen LogP) is 7.83. The number of carbonyl (C=O) groups is 2. The van der Waals surface area contributed by atoms with E-state index in [4.69, 9.17) is 4.74 Å². The average molecular weight is 715 g/mol. The van der Waals surface area contributed by atoms with Crippen molar-refractivity contribution in [2.45, 2.75) is 32.5 Å². The molecule has 0 aliphatic carbocycles. The summed E-state index contributed by atoms with van der Waals surface area (Å²) in [6.45, 7) is -0.331. The minimum absolute atomic E-state index is 0.0136. The molecule has 19 heteroatoms. The number of nitrogens with one attached hydrogen (secondary N) is 1. The Balaban J connectivity index is 1.34. The quantitative estimate of drug-likeness (QED) is 0.176. The number of rotatable bonds is 9. The summed E-state index contributed by atoms with van der Waals surface area (Å²) in [7, 11) is 0. The van der Waals surface area contributed by atoms with Gasteiger partial charge in [-0.15, -0.1) is 18.3 Å². The summed E-state index contributed by atoms with van der Waals surface area (Å²) >= 11 is 0.869. The fourth-order valence-electron chi connectivity index (χ4n) is 4.51. The van der Waals surface area contributed by atoms with Crippen molar-refractivity contribution >= 4 is 40.2 Å². The van der Waals surface area contributed by atoms with E-state index in [1.807, 2.05) is 0 Å². The number of anilines is 2. The number of aliphatic imine (C=N–C) groups is 1. The molecule has 1 aliphatic rings.